The van der Waals surface area contributed by atoms with Crippen LogP contribution in [0.25, 0.3) is 0 Å². The Morgan fingerprint density at radius 2 is 2.50 bits per heavy atom. The molecule has 88 valence electrons. The van der Waals surface area contributed by atoms with Crippen LogP contribution < -0.4 is 5.73 Å². The fourth-order valence-corrected chi connectivity index (χ4v) is 2.78. The lowest BCUT2D eigenvalue weighted by molar-refractivity contribution is -0.132. The summed E-state index contributed by atoms with van der Waals surface area (Å²) in [7, 11) is 0. The van der Waals surface area contributed by atoms with E-state index in [0.717, 1.165) is 32.4 Å². The molecule has 0 bridgehead atoms. The van der Waals surface area contributed by atoms with E-state index in [4.69, 9.17) is 5.73 Å². The molecule has 1 amide bonds. The molecule has 4 heteroatoms. The highest BCUT2D eigenvalue weighted by molar-refractivity contribution is 7.07. The van der Waals surface area contributed by atoms with Crippen LogP contribution in [0.5, 0.6) is 0 Å². The van der Waals surface area contributed by atoms with Crippen molar-refractivity contribution in [3.05, 3.63) is 22.4 Å². The number of amides is 1. The van der Waals surface area contributed by atoms with Gasteiger partial charge in [0.25, 0.3) is 0 Å². The van der Waals surface area contributed by atoms with Crippen LogP contribution in [0, 0.1) is 0 Å². The van der Waals surface area contributed by atoms with E-state index in [0.29, 0.717) is 6.42 Å². The summed E-state index contributed by atoms with van der Waals surface area (Å²) in [6, 6.07) is 2.26. The number of hydrogen-bond acceptors (Lipinski definition) is 3. The van der Waals surface area contributed by atoms with Gasteiger partial charge in [-0.05, 0) is 41.7 Å². The number of thiophene rings is 1. The van der Waals surface area contributed by atoms with Crippen LogP contribution in [0.1, 0.15) is 24.8 Å². The molecule has 1 unspecified atom stereocenters. The van der Waals surface area contributed by atoms with Crippen molar-refractivity contribution in [2.45, 2.75) is 31.7 Å². The van der Waals surface area contributed by atoms with Gasteiger partial charge in [0.1, 0.15) is 0 Å². The van der Waals surface area contributed by atoms with Gasteiger partial charge in [-0.3, -0.25) is 4.79 Å². The summed E-state index contributed by atoms with van der Waals surface area (Å²) >= 11 is 1.68. The van der Waals surface area contributed by atoms with Gasteiger partial charge in [-0.1, -0.05) is 0 Å². The zero-order valence-corrected chi connectivity index (χ0v) is 10.2. The normalized spacial score (nSPS) is 21.1. The van der Waals surface area contributed by atoms with E-state index >= 15 is 0 Å². The topological polar surface area (TPSA) is 46.3 Å². The van der Waals surface area contributed by atoms with Crippen molar-refractivity contribution >= 4 is 17.2 Å². The van der Waals surface area contributed by atoms with E-state index < -0.39 is 0 Å². The standard InChI is InChI=1S/C12H18N2OS/c13-11-2-1-6-14(8-11)12(15)4-3-10-5-7-16-9-10/h5,7,9,11H,1-4,6,8,13H2. The van der Waals surface area contributed by atoms with Gasteiger partial charge in [0.05, 0.1) is 0 Å². The van der Waals surface area contributed by atoms with E-state index in [-0.39, 0.29) is 11.9 Å². The van der Waals surface area contributed by atoms with Crippen molar-refractivity contribution in [1.82, 2.24) is 4.90 Å². The number of carbonyl (C=O) groups is 1. The maximum absolute atomic E-state index is 11.9. The van der Waals surface area contributed by atoms with Gasteiger partial charge in [0.15, 0.2) is 0 Å². The van der Waals surface area contributed by atoms with Gasteiger partial charge in [-0.25, -0.2) is 0 Å². The van der Waals surface area contributed by atoms with E-state index in [2.05, 4.69) is 16.8 Å². The predicted molar refractivity (Wildman–Crippen MR) is 66.4 cm³/mol. The highest BCUT2D eigenvalue weighted by atomic mass is 32.1. The number of nitrogens with zero attached hydrogens (tertiary/aromatic N) is 1. The van der Waals surface area contributed by atoms with Crippen LogP contribution in [-0.4, -0.2) is 29.9 Å². The molecule has 16 heavy (non-hydrogen) atoms. The lowest BCUT2D eigenvalue weighted by atomic mass is 10.1. The summed E-state index contributed by atoms with van der Waals surface area (Å²) in [4.78, 5) is 13.8. The molecule has 1 aliphatic heterocycles. The summed E-state index contributed by atoms with van der Waals surface area (Å²) in [5, 5.41) is 4.16. The number of hydrogen-bond donors (Lipinski definition) is 1. The highest BCUT2D eigenvalue weighted by Gasteiger charge is 2.20. The Hall–Kier alpha value is -0.870. The molecule has 0 saturated carbocycles. The Labute approximate surface area is 100 Å². The largest absolute Gasteiger partial charge is 0.341 e. The van der Waals surface area contributed by atoms with E-state index in [1.807, 2.05) is 4.90 Å². The maximum atomic E-state index is 11.9. The lowest BCUT2D eigenvalue weighted by Crippen LogP contribution is -2.45. The number of carbonyl (C=O) groups excluding carboxylic acids is 1. The van der Waals surface area contributed by atoms with Crippen molar-refractivity contribution in [1.29, 1.82) is 0 Å². The maximum Gasteiger partial charge on any atom is 0.222 e. The molecule has 0 radical (unpaired) electrons. The number of likely N-dealkylation sites (tertiary alicyclic amines) is 1. The molecule has 1 aliphatic rings. The van der Waals surface area contributed by atoms with E-state index in [9.17, 15) is 4.79 Å². The smallest absolute Gasteiger partial charge is 0.222 e. The quantitative estimate of drug-likeness (QED) is 0.870. The summed E-state index contributed by atoms with van der Waals surface area (Å²) in [5.74, 6) is 0.251. The second-order valence-corrected chi connectivity index (χ2v) is 5.15. The number of rotatable bonds is 3. The van der Waals surface area contributed by atoms with Gasteiger partial charge in [0.2, 0.25) is 5.91 Å². The molecule has 2 rings (SSSR count). The first kappa shape index (κ1) is 11.6. The van der Waals surface area contributed by atoms with E-state index in [1.165, 1.54) is 5.56 Å². The first-order chi connectivity index (χ1) is 7.75. The van der Waals surface area contributed by atoms with Crippen LogP contribution in [0.15, 0.2) is 16.8 Å². The average molecular weight is 238 g/mol. The third-order valence-corrected chi connectivity index (χ3v) is 3.75. The van der Waals surface area contributed by atoms with Crippen LogP contribution in [0.3, 0.4) is 0 Å². The number of piperidine rings is 1. The van der Waals surface area contributed by atoms with E-state index in [1.54, 1.807) is 11.3 Å². The monoisotopic (exact) mass is 238 g/mol. The van der Waals surface area contributed by atoms with Crippen LogP contribution in [-0.2, 0) is 11.2 Å². The molecule has 1 fully saturated rings. The molecule has 1 aromatic heterocycles. The second kappa shape index (κ2) is 5.46. The van der Waals surface area contributed by atoms with Crippen molar-refractivity contribution < 1.29 is 4.79 Å². The molecule has 0 spiro atoms. The molecule has 3 nitrogen and oxygen atoms in total. The molecule has 1 saturated heterocycles. The predicted octanol–water partition coefficient (Wildman–Crippen LogP) is 1.63. The highest BCUT2D eigenvalue weighted by Crippen LogP contribution is 2.12. The minimum absolute atomic E-state index is 0.179. The zero-order valence-electron chi connectivity index (χ0n) is 9.39. The Morgan fingerprint density at radius 1 is 1.62 bits per heavy atom. The van der Waals surface area contributed by atoms with Crippen molar-refractivity contribution in [3.63, 3.8) is 0 Å². The molecule has 2 N–H and O–H groups in total. The molecule has 2 heterocycles. The molecule has 1 atom stereocenters. The van der Waals surface area contributed by atoms with Crippen molar-refractivity contribution in [3.8, 4) is 0 Å². The Kier molecular flexibility index (Phi) is 3.96. The fraction of sp³-hybridized carbons (Fsp3) is 0.583. The number of aryl methyl sites for hydroxylation is 1. The van der Waals surface area contributed by atoms with Crippen LogP contribution in [0.2, 0.25) is 0 Å². The molecular formula is C12H18N2OS. The third kappa shape index (κ3) is 3.06. The average Bonchev–Trinajstić information content (AvgIpc) is 2.78. The Bertz CT molecular complexity index is 337. The molecule has 1 aromatic rings. The minimum Gasteiger partial charge on any atom is -0.341 e. The van der Waals surface area contributed by atoms with Gasteiger partial charge < -0.3 is 10.6 Å². The van der Waals surface area contributed by atoms with Crippen LogP contribution >= 0.6 is 11.3 Å². The number of nitrogens with two attached hydrogens (primary N) is 1. The van der Waals surface area contributed by atoms with Gasteiger partial charge in [-0.2, -0.15) is 11.3 Å². The lowest BCUT2D eigenvalue weighted by Gasteiger charge is -2.30. The van der Waals surface area contributed by atoms with Gasteiger partial charge in [-0.15, -0.1) is 0 Å². The summed E-state index contributed by atoms with van der Waals surface area (Å²) in [6.07, 6.45) is 3.57. The first-order valence-corrected chi connectivity index (χ1v) is 6.74. The van der Waals surface area contributed by atoms with Crippen molar-refractivity contribution in [2.24, 2.45) is 5.73 Å². The Balaban J connectivity index is 1.79. The zero-order chi connectivity index (χ0) is 11.4. The van der Waals surface area contributed by atoms with Crippen LogP contribution in [0.4, 0.5) is 0 Å². The van der Waals surface area contributed by atoms with Gasteiger partial charge >= 0.3 is 0 Å². The fourth-order valence-electron chi connectivity index (χ4n) is 2.08. The summed E-state index contributed by atoms with van der Waals surface area (Å²) < 4.78 is 0. The molecule has 0 aromatic carbocycles. The minimum atomic E-state index is 0.179. The van der Waals surface area contributed by atoms with Crippen molar-refractivity contribution in [2.75, 3.05) is 13.1 Å². The summed E-state index contributed by atoms with van der Waals surface area (Å²) in [5.41, 5.74) is 7.13. The SMILES string of the molecule is NC1CCCN(C(=O)CCc2ccsc2)C1. The van der Waals surface area contributed by atoms with Gasteiger partial charge in [0, 0.05) is 25.6 Å². The third-order valence-electron chi connectivity index (χ3n) is 3.02. The summed E-state index contributed by atoms with van der Waals surface area (Å²) in [6.45, 7) is 1.62. The molecule has 0 aliphatic carbocycles. The molecular weight excluding hydrogens is 220 g/mol. The first-order valence-electron chi connectivity index (χ1n) is 5.80. The second-order valence-electron chi connectivity index (χ2n) is 4.37. The Morgan fingerprint density at radius 3 is 3.19 bits per heavy atom.